The Bertz CT molecular complexity index is 917. The molecule has 1 unspecified atom stereocenters. The summed E-state index contributed by atoms with van der Waals surface area (Å²) in [6.07, 6.45) is 1.93. The second-order valence-corrected chi connectivity index (χ2v) is 6.85. The first-order chi connectivity index (χ1) is 13.1. The number of rotatable bonds is 8. The summed E-state index contributed by atoms with van der Waals surface area (Å²) in [5, 5.41) is 2.94. The SMILES string of the molecule is CC(=O)NC(C)c1nc2ccccc2n1CCCCOc1ccccc1C. The van der Waals surface area contributed by atoms with Gasteiger partial charge in [0.1, 0.15) is 11.6 Å². The molecule has 27 heavy (non-hydrogen) atoms. The Morgan fingerprint density at radius 1 is 1.15 bits per heavy atom. The summed E-state index contributed by atoms with van der Waals surface area (Å²) in [5.74, 6) is 1.80. The Morgan fingerprint density at radius 3 is 2.67 bits per heavy atom. The summed E-state index contributed by atoms with van der Waals surface area (Å²) in [7, 11) is 0. The number of nitrogens with zero attached hydrogens (tertiary/aromatic N) is 2. The van der Waals surface area contributed by atoms with Crippen molar-refractivity contribution in [2.24, 2.45) is 0 Å². The molecule has 5 nitrogen and oxygen atoms in total. The first-order valence-electron chi connectivity index (χ1n) is 9.47. The molecule has 1 heterocycles. The molecular formula is C22H27N3O2. The standard InChI is InChI=1S/C22H27N3O2/c1-16-10-4-7-13-21(16)27-15-9-8-14-25-20-12-6-5-11-19(20)24-22(25)17(2)23-18(3)26/h4-7,10-13,17H,8-9,14-15H2,1-3H3,(H,23,26). The molecule has 0 saturated heterocycles. The lowest BCUT2D eigenvalue weighted by molar-refractivity contribution is -0.119. The highest BCUT2D eigenvalue weighted by Crippen LogP contribution is 2.22. The van der Waals surface area contributed by atoms with Crippen molar-refractivity contribution in [3.8, 4) is 5.75 Å². The summed E-state index contributed by atoms with van der Waals surface area (Å²) in [5.41, 5.74) is 3.22. The molecule has 1 atom stereocenters. The minimum absolute atomic E-state index is 0.0484. The zero-order valence-corrected chi connectivity index (χ0v) is 16.2. The van der Waals surface area contributed by atoms with Gasteiger partial charge in [-0.1, -0.05) is 30.3 Å². The van der Waals surface area contributed by atoms with Gasteiger partial charge in [-0.15, -0.1) is 0 Å². The number of nitrogens with one attached hydrogen (secondary N) is 1. The minimum atomic E-state index is -0.127. The Hall–Kier alpha value is -2.82. The van der Waals surface area contributed by atoms with Crippen molar-refractivity contribution in [2.75, 3.05) is 6.61 Å². The quantitative estimate of drug-likeness (QED) is 0.602. The third kappa shape index (κ3) is 4.67. The maximum Gasteiger partial charge on any atom is 0.217 e. The van der Waals surface area contributed by atoms with E-state index in [1.165, 1.54) is 6.92 Å². The molecule has 0 aliphatic rings. The second kappa shape index (κ2) is 8.71. The molecule has 142 valence electrons. The molecule has 3 rings (SSSR count). The van der Waals surface area contributed by atoms with Crippen LogP contribution in [-0.4, -0.2) is 22.1 Å². The fraction of sp³-hybridized carbons (Fsp3) is 0.364. The van der Waals surface area contributed by atoms with E-state index in [1.807, 2.05) is 43.3 Å². The molecule has 1 amide bonds. The van der Waals surface area contributed by atoms with Crippen molar-refractivity contribution >= 4 is 16.9 Å². The Kier molecular flexibility index (Phi) is 6.12. The molecule has 0 spiro atoms. The Morgan fingerprint density at radius 2 is 1.89 bits per heavy atom. The predicted octanol–water partition coefficient (Wildman–Crippen LogP) is 4.40. The molecule has 0 radical (unpaired) electrons. The predicted molar refractivity (Wildman–Crippen MR) is 108 cm³/mol. The van der Waals surface area contributed by atoms with Crippen molar-refractivity contribution < 1.29 is 9.53 Å². The topological polar surface area (TPSA) is 56.2 Å². The number of unbranched alkanes of at least 4 members (excludes halogenated alkanes) is 1. The average molecular weight is 365 g/mol. The summed E-state index contributed by atoms with van der Waals surface area (Å²) in [6.45, 7) is 7.10. The summed E-state index contributed by atoms with van der Waals surface area (Å²) < 4.78 is 8.10. The Labute approximate surface area is 160 Å². The van der Waals surface area contributed by atoms with Gasteiger partial charge in [0.2, 0.25) is 5.91 Å². The van der Waals surface area contributed by atoms with E-state index in [9.17, 15) is 4.79 Å². The molecule has 0 saturated carbocycles. The van der Waals surface area contributed by atoms with Crippen LogP contribution in [0.4, 0.5) is 0 Å². The first-order valence-corrected chi connectivity index (χ1v) is 9.47. The van der Waals surface area contributed by atoms with Crippen LogP contribution in [-0.2, 0) is 11.3 Å². The number of para-hydroxylation sites is 3. The molecule has 0 bridgehead atoms. The highest BCUT2D eigenvalue weighted by molar-refractivity contribution is 5.77. The number of imidazole rings is 1. The van der Waals surface area contributed by atoms with Gasteiger partial charge < -0.3 is 14.6 Å². The minimum Gasteiger partial charge on any atom is -0.493 e. The van der Waals surface area contributed by atoms with Crippen LogP contribution in [0.25, 0.3) is 11.0 Å². The maximum absolute atomic E-state index is 11.5. The maximum atomic E-state index is 11.5. The number of aromatic nitrogens is 2. The van der Waals surface area contributed by atoms with E-state index in [4.69, 9.17) is 9.72 Å². The van der Waals surface area contributed by atoms with E-state index in [1.54, 1.807) is 0 Å². The third-order valence-electron chi connectivity index (χ3n) is 4.62. The van der Waals surface area contributed by atoms with Crippen molar-refractivity contribution in [3.05, 3.63) is 59.9 Å². The number of ether oxygens (including phenoxy) is 1. The number of benzene rings is 2. The molecular weight excluding hydrogens is 338 g/mol. The van der Waals surface area contributed by atoms with Crippen LogP contribution in [0, 0.1) is 6.92 Å². The van der Waals surface area contributed by atoms with E-state index in [0.717, 1.165) is 47.6 Å². The van der Waals surface area contributed by atoms with Gasteiger partial charge in [0, 0.05) is 13.5 Å². The van der Waals surface area contributed by atoms with Crippen LogP contribution in [0.1, 0.15) is 44.1 Å². The zero-order chi connectivity index (χ0) is 19.2. The first kappa shape index (κ1) is 19.0. The molecule has 2 aromatic carbocycles. The van der Waals surface area contributed by atoms with E-state index >= 15 is 0 Å². The van der Waals surface area contributed by atoms with Crippen LogP contribution in [0.5, 0.6) is 5.75 Å². The molecule has 1 N–H and O–H groups in total. The van der Waals surface area contributed by atoms with Gasteiger partial charge >= 0.3 is 0 Å². The normalized spacial score (nSPS) is 12.1. The Balaban J connectivity index is 1.65. The lowest BCUT2D eigenvalue weighted by atomic mass is 10.2. The van der Waals surface area contributed by atoms with E-state index in [-0.39, 0.29) is 11.9 Å². The number of hydrogen-bond acceptors (Lipinski definition) is 3. The number of fused-ring (bicyclic) bond motifs is 1. The fourth-order valence-corrected chi connectivity index (χ4v) is 3.30. The van der Waals surface area contributed by atoms with Gasteiger partial charge in [-0.05, 0) is 50.5 Å². The number of amides is 1. The zero-order valence-electron chi connectivity index (χ0n) is 16.2. The molecule has 0 fully saturated rings. The number of carbonyl (C=O) groups excluding carboxylic acids is 1. The van der Waals surface area contributed by atoms with E-state index in [2.05, 4.69) is 28.9 Å². The fourth-order valence-electron chi connectivity index (χ4n) is 3.30. The molecule has 5 heteroatoms. The number of aryl methyl sites for hydroxylation is 2. The highest BCUT2D eigenvalue weighted by atomic mass is 16.5. The van der Waals surface area contributed by atoms with Crippen LogP contribution in [0.2, 0.25) is 0 Å². The second-order valence-electron chi connectivity index (χ2n) is 6.85. The van der Waals surface area contributed by atoms with Crippen molar-refractivity contribution in [1.29, 1.82) is 0 Å². The lowest BCUT2D eigenvalue weighted by Crippen LogP contribution is -2.26. The van der Waals surface area contributed by atoms with E-state index < -0.39 is 0 Å². The van der Waals surface area contributed by atoms with Crippen molar-refractivity contribution in [2.45, 2.75) is 46.2 Å². The smallest absolute Gasteiger partial charge is 0.217 e. The molecule has 1 aromatic heterocycles. The van der Waals surface area contributed by atoms with Gasteiger partial charge in [0.15, 0.2) is 0 Å². The average Bonchev–Trinajstić information content (AvgIpc) is 3.01. The van der Waals surface area contributed by atoms with Crippen molar-refractivity contribution in [1.82, 2.24) is 14.9 Å². The summed E-state index contributed by atoms with van der Waals surface area (Å²) >= 11 is 0. The monoisotopic (exact) mass is 365 g/mol. The molecule has 3 aromatic rings. The summed E-state index contributed by atoms with van der Waals surface area (Å²) in [6, 6.07) is 16.1. The molecule has 0 aliphatic carbocycles. The van der Waals surface area contributed by atoms with Gasteiger partial charge in [-0.2, -0.15) is 0 Å². The molecule has 0 aliphatic heterocycles. The van der Waals surface area contributed by atoms with Crippen LogP contribution in [0.3, 0.4) is 0 Å². The largest absolute Gasteiger partial charge is 0.493 e. The number of carbonyl (C=O) groups is 1. The van der Waals surface area contributed by atoms with E-state index in [0.29, 0.717) is 6.61 Å². The highest BCUT2D eigenvalue weighted by Gasteiger charge is 2.16. The summed E-state index contributed by atoms with van der Waals surface area (Å²) in [4.78, 5) is 16.2. The van der Waals surface area contributed by atoms with Gasteiger partial charge in [0.05, 0.1) is 23.7 Å². The number of hydrogen-bond donors (Lipinski definition) is 1. The van der Waals surface area contributed by atoms with Gasteiger partial charge in [0.25, 0.3) is 0 Å². The van der Waals surface area contributed by atoms with Crippen LogP contribution in [0.15, 0.2) is 48.5 Å². The lowest BCUT2D eigenvalue weighted by Gasteiger charge is -2.15. The third-order valence-corrected chi connectivity index (χ3v) is 4.62. The van der Waals surface area contributed by atoms with Crippen LogP contribution >= 0.6 is 0 Å². The van der Waals surface area contributed by atoms with Crippen molar-refractivity contribution in [3.63, 3.8) is 0 Å². The van der Waals surface area contributed by atoms with Gasteiger partial charge in [-0.25, -0.2) is 4.98 Å². The van der Waals surface area contributed by atoms with Gasteiger partial charge in [-0.3, -0.25) is 4.79 Å². The van der Waals surface area contributed by atoms with Crippen LogP contribution < -0.4 is 10.1 Å².